The predicted molar refractivity (Wildman–Crippen MR) is 141 cm³/mol. The fourth-order valence-electron chi connectivity index (χ4n) is 4.16. The molecular formula is C31H34O5. The summed E-state index contributed by atoms with van der Waals surface area (Å²) in [7, 11) is 1.61. The van der Waals surface area contributed by atoms with Gasteiger partial charge in [0.05, 0.1) is 18.9 Å². The number of ether oxygens (including phenoxy) is 2. The highest BCUT2D eigenvalue weighted by molar-refractivity contribution is 5.81. The normalized spacial score (nSPS) is 12.7. The number of hydrogen-bond acceptors (Lipinski definition) is 4. The molecule has 0 aromatic heterocycles. The number of aliphatic carboxylic acids is 1. The Hall–Kier alpha value is -3.86. The maximum Gasteiger partial charge on any atom is 0.310 e. The van der Waals surface area contributed by atoms with E-state index in [-0.39, 0.29) is 13.0 Å². The number of benzene rings is 3. The summed E-state index contributed by atoms with van der Waals surface area (Å²) in [4.78, 5) is 25.3. The van der Waals surface area contributed by atoms with E-state index in [0.717, 1.165) is 36.1 Å². The molecular weight excluding hydrogens is 452 g/mol. The van der Waals surface area contributed by atoms with Crippen LogP contribution in [0.4, 0.5) is 0 Å². The molecule has 188 valence electrons. The molecule has 5 nitrogen and oxygen atoms in total. The second kappa shape index (κ2) is 14.5. The molecule has 0 bridgehead atoms. The molecule has 2 atom stereocenters. The van der Waals surface area contributed by atoms with Crippen LogP contribution in [0.15, 0.2) is 91.0 Å². The molecule has 0 saturated heterocycles. The molecule has 0 aliphatic carbocycles. The van der Waals surface area contributed by atoms with E-state index in [2.05, 4.69) is 12.1 Å². The summed E-state index contributed by atoms with van der Waals surface area (Å²) in [6.45, 7) is 0.133. The summed E-state index contributed by atoms with van der Waals surface area (Å²) < 4.78 is 10.8. The summed E-state index contributed by atoms with van der Waals surface area (Å²) in [5, 5.41) is 10.0. The van der Waals surface area contributed by atoms with Gasteiger partial charge in [0.2, 0.25) is 0 Å². The van der Waals surface area contributed by atoms with Gasteiger partial charge < -0.3 is 14.6 Å². The molecule has 3 rings (SSSR count). The maximum absolute atomic E-state index is 13.1. The van der Waals surface area contributed by atoms with Crippen molar-refractivity contribution in [3.63, 3.8) is 0 Å². The number of carboxylic acid groups (broad SMARTS) is 1. The third-order valence-corrected chi connectivity index (χ3v) is 6.22. The first kappa shape index (κ1) is 26.7. The van der Waals surface area contributed by atoms with E-state index in [1.54, 1.807) is 7.11 Å². The second-order valence-electron chi connectivity index (χ2n) is 8.79. The lowest BCUT2D eigenvalue weighted by Gasteiger charge is -2.22. The zero-order valence-corrected chi connectivity index (χ0v) is 20.7. The molecule has 0 aliphatic rings. The van der Waals surface area contributed by atoms with Crippen molar-refractivity contribution in [3.05, 3.63) is 108 Å². The summed E-state index contributed by atoms with van der Waals surface area (Å²) in [5.41, 5.74) is 3.05. The summed E-state index contributed by atoms with van der Waals surface area (Å²) in [6.07, 6.45) is 6.91. The number of carbonyl (C=O) groups excluding carboxylic acids is 1. The number of hydrogen-bond donors (Lipinski definition) is 1. The van der Waals surface area contributed by atoms with Crippen LogP contribution in [-0.4, -0.2) is 24.2 Å². The largest absolute Gasteiger partial charge is 0.497 e. The summed E-state index contributed by atoms with van der Waals surface area (Å²) in [6, 6.07) is 27.1. The highest BCUT2D eigenvalue weighted by Crippen LogP contribution is 2.26. The van der Waals surface area contributed by atoms with Crippen LogP contribution >= 0.6 is 0 Å². The number of methoxy groups -OCH3 is 1. The molecule has 0 amide bonds. The number of rotatable bonds is 14. The van der Waals surface area contributed by atoms with Gasteiger partial charge in [-0.2, -0.15) is 0 Å². The standard InChI is InChI=1S/C31H34O5/c1-35-27-21-19-25(20-22-27)16-10-18-28(30(32)33)29(17-9-8-13-24-11-4-2-5-12-24)31(34)36-23-26-14-6-3-7-15-26/h2-7,10-12,14-16,19-22,28-29H,8-9,13,17-18,23H2,1H3,(H,32,33)/b16-10+/t28-,29+/m0/s1. The van der Waals surface area contributed by atoms with Crippen LogP contribution in [0.1, 0.15) is 42.4 Å². The van der Waals surface area contributed by atoms with Gasteiger partial charge >= 0.3 is 11.9 Å². The van der Waals surface area contributed by atoms with Crippen LogP contribution in [0.5, 0.6) is 5.75 Å². The van der Waals surface area contributed by atoms with E-state index in [4.69, 9.17) is 9.47 Å². The zero-order chi connectivity index (χ0) is 25.6. The van der Waals surface area contributed by atoms with Gasteiger partial charge in [-0.05, 0) is 54.5 Å². The van der Waals surface area contributed by atoms with Crippen molar-refractivity contribution in [1.29, 1.82) is 0 Å². The molecule has 36 heavy (non-hydrogen) atoms. The minimum atomic E-state index is -0.987. The van der Waals surface area contributed by atoms with E-state index >= 15 is 0 Å². The first-order chi connectivity index (χ1) is 17.6. The van der Waals surface area contributed by atoms with E-state index < -0.39 is 23.8 Å². The van der Waals surface area contributed by atoms with Crippen LogP contribution in [0.3, 0.4) is 0 Å². The fraction of sp³-hybridized carbons (Fsp3) is 0.290. The Morgan fingerprint density at radius 2 is 1.47 bits per heavy atom. The van der Waals surface area contributed by atoms with Gasteiger partial charge in [-0.25, -0.2) is 0 Å². The number of unbranched alkanes of at least 4 members (excludes halogenated alkanes) is 1. The quantitative estimate of drug-likeness (QED) is 0.206. The van der Waals surface area contributed by atoms with Crippen LogP contribution in [-0.2, 0) is 27.4 Å². The monoisotopic (exact) mass is 486 g/mol. The molecule has 3 aromatic carbocycles. The minimum absolute atomic E-state index is 0.133. The molecule has 1 N–H and O–H groups in total. The summed E-state index contributed by atoms with van der Waals surface area (Å²) >= 11 is 0. The SMILES string of the molecule is COc1ccc(/C=C/C[C@H](C(=O)O)[C@@H](CCCCc2ccccc2)C(=O)OCc2ccccc2)cc1. The Bertz CT molecular complexity index is 1090. The smallest absolute Gasteiger partial charge is 0.310 e. The molecule has 0 radical (unpaired) electrons. The topological polar surface area (TPSA) is 72.8 Å². The van der Waals surface area contributed by atoms with Crippen LogP contribution in [0, 0.1) is 11.8 Å². The second-order valence-corrected chi connectivity index (χ2v) is 8.79. The van der Waals surface area contributed by atoms with Crippen molar-refractivity contribution in [3.8, 4) is 5.75 Å². The van der Waals surface area contributed by atoms with Gasteiger partial charge in [0.15, 0.2) is 0 Å². The Labute approximate surface area is 213 Å². The van der Waals surface area contributed by atoms with Gasteiger partial charge in [-0.3, -0.25) is 9.59 Å². The van der Waals surface area contributed by atoms with Crippen molar-refractivity contribution >= 4 is 18.0 Å². The fourth-order valence-corrected chi connectivity index (χ4v) is 4.16. The van der Waals surface area contributed by atoms with Crippen molar-refractivity contribution in [2.45, 2.75) is 38.7 Å². The van der Waals surface area contributed by atoms with E-state index in [9.17, 15) is 14.7 Å². The molecule has 0 fully saturated rings. The number of carboxylic acids is 1. The number of allylic oxidation sites excluding steroid dienone is 1. The first-order valence-electron chi connectivity index (χ1n) is 12.3. The Morgan fingerprint density at radius 3 is 2.08 bits per heavy atom. The first-order valence-corrected chi connectivity index (χ1v) is 12.3. The van der Waals surface area contributed by atoms with Crippen molar-refractivity contribution in [1.82, 2.24) is 0 Å². The third-order valence-electron chi connectivity index (χ3n) is 6.22. The lowest BCUT2D eigenvalue weighted by molar-refractivity contribution is -0.159. The van der Waals surface area contributed by atoms with Crippen molar-refractivity contribution in [2.24, 2.45) is 11.8 Å². The third kappa shape index (κ3) is 8.73. The van der Waals surface area contributed by atoms with Gasteiger partial charge in [0.1, 0.15) is 12.4 Å². The van der Waals surface area contributed by atoms with Gasteiger partial charge in [-0.15, -0.1) is 0 Å². The predicted octanol–water partition coefficient (Wildman–Crippen LogP) is 6.57. The number of aryl methyl sites for hydroxylation is 1. The Morgan fingerprint density at radius 1 is 0.833 bits per heavy atom. The number of carbonyl (C=O) groups is 2. The van der Waals surface area contributed by atoms with Crippen LogP contribution in [0.25, 0.3) is 6.08 Å². The molecule has 0 aliphatic heterocycles. The average molecular weight is 487 g/mol. The molecule has 0 unspecified atom stereocenters. The van der Waals surface area contributed by atoms with E-state index in [0.29, 0.717) is 6.42 Å². The molecule has 0 heterocycles. The summed E-state index contributed by atoms with van der Waals surface area (Å²) in [5.74, 6) is -2.27. The lowest BCUT2D eigenvalue weighted by Crippen LogP contribution is -2.31. The van der Waals surface area contributed by atoms with Crippen LogP contribution < -0.4 is 4.74 Å². The van der Waals surface area contributed by atoms with E-state index in [1.807, 2.05) is 84.9 Å². The van der Waals surface area contributed by atoms with Gasteiger partial charge in [0, 0.05) is 0 Å². The lowest BCUT2D eigenvalue weighted by atomic mass is 9.85. The van der Waals surface area contributed by atoms with Gasteiger partial charge in [-0.1, -0.05) is 91.4 Å². The van der Waals surface area contributed by atoms with Crippen LogP contribution in [0.2, 0.25) is 0 Å². The Balaban J connectivity index is 1.66. The maximum atomic E-state index is 13.1. The molecule has 0 saturated carbocycles. The molecule has 5 heteroatoms. The van der Waals surface area contributed by atoms with E-state index in [1.165, 1.54) is 5.56 Å². The number of esters is 1. The molecule has 3 aromatic rings. The minimum Gasteiger partial charge on any atom is -0.497 e. The van der Waals surface area contributed by atoms with Crippen molar-refractivity contribution in [2.75, 3.05) is 7.11 Å². The van der Waals surface area contributed by atoms with Gasteiger partial charge in [0.25, 0.3) is 0 Å². The Kier molecular flexibility index (Phi) is 10.8. The van der Waals surface area contributed by atoms with Crippen molar-refractivity contribution < 1.29 is 24.2 Å². The highest BCUT2D eigenvalue weighted by Gasteiger charge is 2.33. The highest BCUT2D eigenvalue weighted by atomic mass is 16.5. The zero-order valence-electron chi connectivity index (χ0n) is 20.7. The average Bonchev–Trinajstić information content (AvgIpc) is 2.91. The molecule has 0 spiro atoms.